The average molecular weight is 208 g/mol. The first-order valence-corrected chi connectivity index (χ1v) is 5.94. The van der Waals surface area contributed by atoms with Crippen LogP contribution in [0.1, 0.15) is 56.9 Å². The highest BCUT2D eigenvalue weighted by molar-refractivity contribution is 5.11. The van der Waals surface area contributed by atoms with Crippen LogP contribution in [-0.4, -0.2) is 11.2 Å². The molecular formula is C12H20N2O. The summed E-state index contributed by atoms with van der Waals surface area (Å²) >= 11 is 0. The SMILES string of the molecule is CC(C)NCc1cc(C2CCCC2)on1. The number of hydrogen-bond donors (Lipinski definition) is 1. The Labute approximate surface area is 91.2 Å². The molecule has 84 valence electrons. The molecule has 1 fully saturated rings. The van der Waals surface area contributed by atoms with Crippen LogP contribution in [0.15, 0.2) is 10.6 Å². The lowest BCUT2D eigenvalue weighted by atomic mass is 10.1. The third kappa shape index (κ3) is 2.81. The Bertz CT molecular complexity index is 300. The van der Waals surface area contributed by atoms with Gasteiger partial charge in [-0.15, -0.1) is 0 Å². The van der Waals surface area contributed by atoms with Gasteiger partial charge in [0, 0.05) is 24.6 Å². The van der Waals surface area contributed by atoms with E-state index < -0.39 is 0 Å². The van der Waals surface area contributed by atoms with Gasteiger partial charge < -0.3 is 9.84 Å². The number of nitrogens with zero attached hydrogens (tertiary/aromatic N) is 1. The molecule has 0 radical (unpaired) electrons. The van der Waals surface area contributed by atoms with Gasteiger partial charge in [0.1, 0.15) is 5.76 Å². The van der Waals surface area contributed by atoms with Gasteiger partial charge in [0.05, 0.1) is 5.69 Å². The normalized spacial score (nSPS) is 17.8. The van der Waals surface area contributed by atoms with Crippen LogP contribution >= 0.6 is 0 Å². The molecule has 0 aromatic carbocycles. The molecule has 3 heteroatoms. The molecule has 0 unspecified atom stereocenters. The average Bonchev–Trinajstić information content (AvgIpc) is 2.85. The molecule has 0 aliphatic heterocycles. The summed E-state index contributed by atoms with van der Waals surface area (Å²) in [6, 6.07) is 2.61. The van der Waals surface area contributed by atoms with E-state index in [0.717, 1.165) is 18.0 Å². The summed E-state index contributed by atoms with van der Waals surface area (Å²) in [6.45, 7) is 5.09. The summed E-state index contributed by atoms with van der Waals surface area (Å²) in [5, 5.41) is 7.44. The predicted molar refractivity (Wildman–Crippen MR) is 59.7 cm³/mol. The van der Waals surface area contributed by atoms with Crippen molar-refractivity contribution in [2.75, 3.05) is 0 Å². The van der Waals surface area contributed by atoms with Gasteiger partial charge >= 0.3 is 0 Å². The van der Waals surface area contributed by atoms with Crippen molar-refractivity contribution in [1.82, 2.24) is 10.5 Å². The first-order chi connectivity index (χ1) is 7.25. The highest BCUT2D eigenvalue weighted by Gasteiger charge is 2.21. The van der Waals surface area contributed by atoms with Crippen LogP contribution in [0.5, 0.6) is 0 Å². The van der Waals surface area contributed by atoms with Crippen LogP contribution in [0, 0.1) is 0 Å². The van der Waals surface area contributed by atoms with Crippen molar-refractivity contribution in [1.29, 1.82) is 0 Å². The Balaban J connectivity index is 1.91. The second-order valence-corrected chi connectivity index (χ2v) is 4.74. The molecule has 1 aliphatic carbocycles. The number of hydrogen-bond acceptors (Lipinski definition) is 3. The molecule has 0 spiro atoms. The van der Waals surface area contributed by atoms with E-state index in [1.165, 1.54) is 25.7 Å². The number of aromatic nitrogens is 1. The van der Waals surface area contributed by atoms with Crippen LogP contribution in [0.3, 0.4) is 0 Å². The molecule has 1 aromatic rings. The van der Waals surface area contributed by atoms with Crippen molar-refractivity contribution in [3.8, 4) is 0 Å². The maximum absolute atomic E-state index is 5.39. The maximum atomic E-state index is 5.39. The number of rotatable bonds is 4. The van der Waals surface area contributed by atoms with Gasteiger partial charge in [-0.2, -0.15) is 0 Å². The first kappa shape index (κ1) is 10.7. The van der Waals surface area contributed by atoms with E-state index in [0.29, 0.717) is 12.0 Å². The van der Waals surface area contributed by atoms with E-state index in [1.807, 2.05) is 0 Å². The fraction of sp³-hybridized carbons (Fsp3) is 0.750. The topological polar surface area (TPSA) is 38.1 Å². The van der Waals surface area contributed by atoms with E-state index >= 15 is 0 Å². The fourth-order valence-corrected chi connectivity index (χ4v) is 2.12. The third-order valence-corrected chi connectivity index (χ3v) is 3.03. The minimum absolute atomic E-state index is 0.497. The summed E-state index contributed by atoms with van der Waals surface area (Å²) in [5.74, 6) is 1.72. The lowest BCUT2D eigenvalue weighted by Crippen LogP contribution is -2.21. The molecule has 1 aromatic heterocycles. The highest BCUT2D eigenvalue weighted by atomic mass is 16.5. The predicted octanol–water partition coefficient (Wildman–Crippen LogP) is 2.83. The van der Waals surface area contributed by atoms with Crippen LogP contribution in [-0.2, 0) is 6.54 Å². The maximum Gasteiger partial charge on any atom is 0.140 e. The molecule has 0 saturated heterocycles. The summed E-state index contributed by atoms with van der Waals surface area (Å²) < 4.78 is 5.39. The van der Waals surface area contributed by atoms with Crippen molar-refractivity contribution in [2.45, 2.75) is 58.0 Å². The molecule has 0 amide bonds. The Hall–Kier alpha value is -0.830. The van der Waals surface area contributed by atoms with Crippen LogP contribution in [0.2, 0.25) is 0 Å². The van der Waals surface area contributed by atoms with Crippen molar-refractivity contribution in [3.63, 3.8) is 0 Å². The zero-order valence-corrected chi connectivity index (χ0v) is 9.62. The van der Waals surface area contributed by atoms with E-state index in [4.69, 9.17) is 4.52 Å². The lowest BCUT2D eigenvalue weighted by molar-refractivity contribution is 0.353. The quantitative estimate of drug-likeness (QED) is 0.826. The molecule has 1 aliphatic rings. The molecule has 15 heavy (non-hydrogen) atoms. The minimum atomic E-state index is 0.497. The van der Waals surface area contributed by atoms with E-state index in [2.05, 4.69) is 30.4 Å². The lowest BCUT2D eigenvalue weighted by Gasteiger charge is -2.04. The van der Waals surface area contributed by atoms with Gasteiger partial charge in [0.2, 0.25) is 0 Å². The molecule has 1 N–H and O–H groups in total. The standard InChI is InChI=1S/C12H20N2O/c1-9(2)13-8-11-7-12(15-14-11)10-5-3-4-6-10/h7,9-10,13H,3-6,8H2,1-2H3. The van der Waals surface area contributed by atoms with E-state index in [-0.39, 0.29) is 0 Å². The zero-order chi connectivity index (χ0) is 10.7. The largest absolute Gasteiger partial charge is 0.361 e. The third-order valence-electron chi connectivity index (χ3n) is 3.03. The highest BCUT2D eigenvalue weighted by Crippen LogP contribution is 2.34. The second-order valence-electron chi connectivity index (χ2n) is 4.74. The Morgan fingerprint density at radius 1 is 1.47 bits per heavy atom. The molecule has 0 atom stereocenters. The molecule has 1 heterocycles. The van der Waals surface area contributed by atoms with Crippen LogP contribution in [0.4, 0.5) is 0 Å². The zero-order valence-electron chi connectivity index (χ0n) is 9.62. The minimum Gasteiger partial charge on any atom is -0.361 e. The monoisotopic (exact) mass is 208 g/mol. The number of nitrogens with one attached hydrogen (secondary N) is 1. The van der Waals surface area contributed by atoms with Crippen LogP contribution in [0.25, 0.3) is 0 Å². The molecule has 1 saturated carbocycles. The van der Waals surface area contributed by atoms with Gasteiger partial charge in [0.25, 0.3) is 0 Å². The van der Waals surface area contributed by atoms with Gasteiger partial charge in [-0.25, -0.2) is 0 Å². The summed E-state index contributed by atoms with van der Waals surface area (Å²) in [4.78, 5) is 0. The van der Waals surface area contributed by atoms with Gasteiger partial charge in [-0.05, 0) is 12.8 Å². The van der Waals surface area contributed by atoms with Crippen LogP contribution < -0.4 is 5.32 Å². The van der Waals surface area contributed by atoms with E-state index in [1.54, 1.807) is 0 Å². The molecular weight excluding hydrogens is 188 g/mol. The summed E-state index contributed by atoms with van der Waals surface area (Å²) in [6.07, 6.45) is 5.22. The van der Waals surface area contributed by atoms with E-state index in [9.17, 15) is 0 Å². The van der Waals surface area contributed by atoms with Gasteiger partial charge in [0.15, 0.2) is 0 Å². The van der Waals surface area contributed by atoms with Crippen molar-refractivity contribution >= 4 is 0 Å². The molecule has 0 bridgehead atoms. The Morgan fingerprint density at radius 3 is 2.87 bits per heavy atom. The van der Waals surface area contributed by atoms with Gasteiger partial charge in [-0.1, -0.05) is 31.8 Å². The Morgan fingerprint density at radius 2 is 2.20 bits per heavy atom. The fourth-order valence-electron chi connectivity index (χ4n) is 2.12. The Kier molecular flexibility index (Phi) is 3.41. The van der Waals surface area contributed by atoms with Crippen molar-refractivity contribution in [2.24, 2.45) is 0 Å². The molecule has 2 rings (SSSR count). The van der Waals surface area contributed by atoms with Crippen molar-refractivity contribution < 1.29 is 4.52 Å². The van der Waals surface area contributed by atoms with Crippen molar-refractivity contribution in [3.05, 3.63) is 17.5 Å². The smallest absolute Gasteiger partial charge is 0.140 e. The summed E-state index contributed by atoms with van der Waals surface area (Å²) in [5.41, 5.74) is 1.03. The second kappa shape index (κ2) is 4.79. The van der Waals surface area contributed by atoms with Gasteiger partial charge in [-0.3, -0.25) is 0 Å². The molecule has 3 nitrogen and oxygen atoms in total. The summed E-state index contributed by atoms with van der Waals surface area (Å²) in [7, 11) is 0. The first-order valence-electron chi connectivity index (χ1n) is 5.94.